The van der Waals surface area contributed by atoms with Gasteiger partial charge in [-0.2, -0.15) is 13.2 Å². The van der Waals surface area contributed by atoms with Crippen LogP contribution in [-0.4, -0.2) is 59.4 Å². The monoisotopic (exact) mass is 530 g/mol. The molecule has 1 saturated heterocycles. The van der Waals surface area contributed by atoms with E-state index in [-0.39, 0.29) is 17.2 Å². The molecule has 0 saturated carbocycles. The van der Waals surface area contributed by atoms with Crippen molar-refractivity contribution in [1.82, 2.24) is 20.2 Å². The SMILES string of the molecule is O=C(CN1CCNCC1)Nc1cc(CSc2ncccc2C(=O)Nc2cccc(C(F)(F)F)c2)ccn1. The molecule has 3 N–H and O–H groups in total. The van der Waals surface area contributed by atoms with Crippen molar-refractivity contribution in [2.75, 3.05) is 43.4 Å². The summed E-state index contributed by atoms with van der Waals surface area (Å²) >= 11 is 1.29. The fourth-order valence-electron chi connectivity index (χ4n) is 3.69. The summed E-state index contributed by atoms with van der Waals surface area (Å²) in [6.07, 6.45) is -1.38. The van der Waals surface area contributed by atoms with Crippen molar-refractivity contribution in [2.24, 2.45) is 0 Å². The van der Waals surface area contributed by atoms with Crippen molar-refractivity contribution in [3.63, 3.8) is 0 Å². The lowest BCUT2D eigenvalue weighted by Gasteiger charge is -2.26. The van der Waals surface area contributed by atoms with Gasteiger partial charge in [0.2, 0.25) is 5.91 Å². The van der Waals surface area contributed by atoms with Gasteiger partial charge in [-0.05, 0) is 48.0 Å². The zero-order valence-corrected chi connectivity index (χ0v) is 20.5. The van der Waals surface area contributed by atoms with E-state index in [9.17, 15) is 22.8 Å². The number of pyridine rings is 2. The maximum Gasteiger partial charge on any atom is 0.416 e. The largest absolute Gasteiger partial charge is 0.416 e. The molecular weight excluding hydrogens is 505 g/mol. The van der Waals surface area contributed by atoms with Crippen LogP contribution in [0.25, 0.3) is 0 Å². The third kappa shape index (κ3) is 7.75. The van der Waals surface area contributed by atoms with Gasteiger partial charge in [0.1, 0.15) is 10.8 Å². The maximum atomic E-state index is 13.0. The lowest BCUT2D eigenvalue weighted by Crippen LogP contribution is -2.46. The summed E-state index contributed by atoms with van der Waals surface area (Å²) in [5.41, 5.74) is 0.283. The van der Waals surface area contributed by atoms with Crippen LogP contribution >= 0.6 is 11.8 Å². The molecule has 0 atom stereocenters. The van der Waals surface area contributed by atoms with Gasteiger partial charge in [-0.15, -0.1) is 11.8 Å². The number of aromatic nitrogens is 2. The molecule has 0 radical (unpaired) electrons. The standard InChI is InChI=1S/C25H25F3N6O2S/c26-25(27,28)18-3-1-4-19(14-18)32-23(36)20-5-2-7-31-24(20)37-16-17-6-8-30-21(13-17)33-22(35)15-34-11-9-29-10-12-34/h1-8,13-14,29H,9-12,15-16H2,(H,32,36)(H,30,33,35). The molecule has 2 amide bonds. The summed E-state index contributed by atoms with van der Waals surface area (Å²) in [6.45, 7) is 3.62. The van der Waals surface area contributed by atoms with Gasteiger partial charge in [-0.25, -0.2) is 9.97 Å². The van der Waals surface area contributed by atoms with Crippen molar-refractivity contribution < 1.29 is 22.8 Å². The molecule has 1 aliphatic rings. The van der Waals surface area contributed by atoms with Crippen LogP contribution in [0.3, 0.4) is 0 Å². The second-order valence-corrected chi connectivity index (χ2v) is 9.27. The summed E-state index contributed by atoms with van der Waals surface area (Å²) in [5, 5.41) is 9.00. The van der Waals surface area contributed by atoms with Crippen LogP contribution in [0.1, 0.15) is 21.5 Å². The third-order valence-electron chi connectivity index (χ3n) is 5.51. The maximum absolute atomic E-state index is 13.0. The van der Waals surface area contributed by atoms with Crippen molar-refractivity contribution in [3.05, 3.63) is 77.6 Å². The van der Waals surface area contributed by atoms with Crippen molar-refractivity contribution in [2.45, 2.75) is 17.0 Å². The van der Waals surface area contributed by atoms with Crippen molar-refractivity contribution in [3.8, 4) is 0 Å². The Balaban J connectivity index is 1.38. The first kappa shape index (κ1) is 26.6. The number of hydrogen-bond donors (Lipinski definition) is 3. The Morgan fingerprint density at radius 2 is 1.81 bits per heavy atom. The van der Waals surface area contributed by atoms with E-state index in [1.165, 1.54) is 30.1 Å². The number of amides is 2. The van der Waals surface area contributed by atoms with E-state index < -0.39 is 17.6 Å². The van der Waals surface area contributed by atoms with E-state index in [1.54, 1.807) is 30.5 Å². The number of hydrogen-bond acceptors (Lipinski definition) is 7. The number of alkyl halides is 3. The molecule has 194 valence electrons. The highest BCUT2D eigenvalue weighted by Crippen LogP contribution is 2.31. The zero-order valence-electron chi connectivity index (χ0n) is 19.7. The molecule has 37 heavy (non-hydrogen) atoms. The van der Waals surface area contributed by atoms with Crippen LogP contribution in [0.4, 0.5) is 24.7 Å². The number of nitrogens with one attached hydrogen (secondary N) is 3. The summed E-state index contributed by atoms with van der Waals surface area (Å²) in [7, 11) is 0. The molecule has 1 aliphatic heterocycles. The number of piperazine rings is 1. The summed E-state index contributed by atoms with van der Waals surface area (Å²) in [5.74, 6) is 0.161. The molecule has 1 fully saturated rings. The van der Waals surface area contributed by atoms with Gasteiger partial charge < -0.3 is 16.0 Å². The van der Waals surface area contributed by atoms with Gasteiger partial charge in [0.15, 0.2) is 0 Å². The second-order valence-electron chi connectivity index (χ2n) is 8.30. The molecular formula is C25H25F3N6O2S. The van der Waals surface area contributed by atoms with Crippen LogP contribution in [-0.2, 0) is 16.7 Å². The molecule has 0 spiro atoms. The fraction of sp³-hybridized carbons (Fsp3) is 0.280. The molecule has 3 heterocycles. The number of carbonyl (C=O) groups excluding carboxylic acids is 2. The molecule has 3 aromatic rings. The van der Waals surface area contributed by atoms with E-state index in [0.717, 1.165) is 43.9 Å². The molecule has 2 aromatic heterocycles. The Labute approximate surface area is 216 Å². The highest BCUT2D eigenvalue weighted by atomic mass is 32.2. The molecule has 4 rings (SSSR count). The Bertz CT molecular complexity index is 1250. The predicted octanol–water partition coefficient (Wildman–Crippen LogP) is 3.88. The van der Waals surface area contributed by atoms with Crippen LogP contribution in [0, 0.1) is 0 Å². The smallest absolute Gasteiger partial charge is 0.322 e. The lowest BCUT2D eigenvalue weighted by molar-refractivity contribution is -0.137. The van der Waals surface area contributed by atoms with E-state index in [1.807, 2.05) is 0 Å². The first-order valence-electron chi connectivity index (χ1n) is 11.5. The van der Waals surface area contributed by atoms with Gasteiger partial charge in [-0.1, -0.05) is 6.07 Å². The number of carbonyl (C=O) groups is 2. The molecule has 0 aliphatic carbocycles. The Hall–Kier alpha value is -3.48. The Morgan fingerprint density at radius 1 is 1.00 bits per heavy atom. The van der Waals surface area contributed by atoms with Crippen LogP contribution < -0.4 is 16.0 Å². The molecule has 12 heteroatoms. The number of halogens is 3. The molecule has 8 nitrogen and oxygen atoms in total. The number of nitrogens with zero attached hydrogens (tertiary/aromatic N) is 3. The van der Waals surface area contributed by atoms with E-state index >= 15 is 0 Å². The van der Waals surface area contributed by atoms with Crippen LogP contribution in [0.5, 0.6) is 0 Å². The first-order valence-corrected chi connectivity index (χ1v) is 12.5. The second kappa shape index (κ2) is 12.2. The number of thioether (sulfide) groups is 1. The zero-order chi connectivity index (χ0) is 26.3. The van der Waals surface area contributed by atoms with E-state index in [4.69, 9.17) is 0 Å². The quantitative estimate of drug-likeness (QED) is 0.380. The lowest BCUT2D eigenvalue weighted by atomic mass is 10.2. The minimum Gasteiger partial charge on any atom is -0.322 e. The van der Waals surface area contributed by atoms with Crippen LogP contribution in [0.15, 0.2) is 66.0 Å². The fourth-order valence-corrected chi connectivity index (χ4v) is 4.62. The van der Waals surface area contributed by atoms with Crippen molar-refractivity contribution >= 4 is 35.1 Å². The third-order valence-corrected chi connectivity index (χ3v) is 6.58. The molecule has 1 aromatic carbocycles. The summed E-state index contributed by atoms with van der Waals surface area (Å²) in [6, 6.07) is 11.2. The normalized spacial score (nSPS) is 14.2. The molecule has 0 bridgehead atoms. The topological polar surface area (TPSA) is 99.3 Å². The average Bonchev–Trinajstić information content (AvgIpc) is 2.88. The minimum atomic E-state index is -4.51. The summed E-state index contributed by atoms with van der Waals surface area (Å²) in [4.78, 5) is 35.8. The average molecular weight is 531 g/mol. The predicted molar refractivity (Wildman–Crippen MR) is 135 cm³/mol. The van der Waals surface area contributed by atoms with Gasteiger partial charge in [0, 0.05) is 50.0 Å². The highest BCUT2D eigenvalue weighted by Gasteiger charge is 2.30. The van der Waals surface area contributed by atoms with E-state index in [0.29, 0.717) is 23.1 Å². The van der Waals surface area contributed by atoms with Crippen LogP contribution in [0.2, 0.25) is 0 Å². The number of rotatable bonds is 8. The van der Waals surface area contributed by atoms with Gasteiger partial charge in [-0.3, -0.25) is 14.5 Å². The Kier molecular flexibility index (Phi) is 8.74. The Morgan fingerprint density at radius 3 is 2.59 bits per heavy atom. The molecule has 0 unspecified atom stereocenters. The van der Waals surface area contributed by atoms with E-state index in [2.05, 4.69) is 30.8 Å². The summed E-state index contributed by atoms with van der Waals surface area (Å²) < 4.78 is 39.0. The number of benzene rings is 1. The van der Waals surface area contributed by atoms with Gasteiger partial charge >= 0.3 is 6.18 Å². The highest BCUT2D eigenvalue weighted by molar-refractivity contribution is 7.98. The minimum absolute atomic E-state index is 0.0370. The van der Waals surface area contributed by atoms with Gasteiger partial charge in [0.25, 0.3) is 5.91 Å². The van der Waals surface area contributed by atoms with Gasteiger partial charge in [0.05, 0.1) is 17.7 Å². The first-order chi connectivity index (χ1) is 17.8. The number of anilines is 2. The van der Waals surface area contributed by atoms with Crippen molar-refractivity contribution in [1.29, 1.82) is 0 Å².